The molecule has 28 heavy (non-hydrogen) atoms. The normalized spacial score (nSPS) is 11.9. The van der Waals surface area contributed by atoms with Gasteiger partial charge in [-0.25, -0.2) is 0 Å². The Morgan fingerprint density at radius 2 is 1.71 bits per heavy atom. The number of hydrogen-bond acceptors (Lipinski definition) is 5. The van der Waals surface area contributed by atoms with E-state index in [0.29, 0.717) is 39.6 Å². The van der Waals surface area contributed by atoms with Gasteiger partial charge in [-0.1, -0.05) is 19.8 Å². The molecule has 1 aromatic carbocycles. The van der Waals surface area contributed by atoms with Crippen LogP contribution in [0.25, 0.3) is 0 Å². The number of hydrogen-bond donors (Lipinski definition) is 1. The van der Waals surface area contributed by atoms with Crippen LogP contribution in [0.4, 0.5) is 0 Å². The Kier molecular flexibility index (Phi) is 15.5. The van der Waals surface area contributed by atoms with Gasteiger partial charge in [-0.2, -0.15) is 0 Å². The van der Waals surface area contributed by atoms with Gasteiger partial charge in [0.25, 0.3) is 0 Å². The highest BCUT2D eigenvalue weighted by Gasteiger charge is 2.18. The van der Waals surface area contributed by atoms with E-state index in [2.05, 4.69) is 26.7 Å². The molecule has 0 saturated heterocycles. The van der Waals surface area contributed by atoms with Crippen molar-refractivity contribution in [1.29, 1.82) is 0 Å². The lowest BCUT2D eigenvalue weighted by Gasteiger charge is -2.26. The fraction of sp³-hybridized carbons (Fsp3) is 0.652. The van der Waals surface area contributed by atoms with Gasteiger partial charge in [0.2, 0.25) is 0 Å². The maximum absolute atomic E-state index is 5.86. The van der Waals surface area contributed by atoms with Crippen LogP contribution in [-0.2, 0) is 14.2 Å². The van der Waals surface area contributed by atoms with Gasteiger partial charge in [-0.15, -0.1) is 6.42 Å². The van der Waals surface area contributed by atoms with E-state index in [4.69, 9.17) is 31.1 Å². The Balaban J connectivity index is 0.00000352. The van der Waals surface area contributed by atoms with E-state index in [-0.39, 0.29) is 11.7 Å². The zero-order chi connectivity index (χ0) is 21.3. The summed E-state index contributed by atoms with van der Waals surface area (Å²) in [7, 11) is 0. The highest BCUT2D eigenvalue weighted by atomic mass is 16.5. The Morgan fingerprint density at radius 3 is 2.32 bits per heavy atom. The summed E-state index contributed by atoms with van der Waals surface area (Å²) in [5, 5.41) is 0. The second kappa shape index (κ2) is 16.4. The minimum absolute atomic E-state index is 0.128. The zero-order valence-corrected chi connectivity index (χ0v) is 18.3. The molecule has 0 aliphatic heterocycles. The molecule has 1 unspecified atom stereocenters. The summed E-state index contributed by atoms with van der Waals surface area (Å²) in [6.45, 7) is 13.7. The fourth-order valence-corrected chi connectivity index (χ4v) is 2.21. The molecule has 1 atom stereocenters. The summed E-state index contributed by atoms with van der Waals surface area (Å²) in [6.07, 6.45) is 7.11. The number of nitrogens with two attached hydrogens (primary N) is 1. The van der Waals surface area contributed by atoms with E-state index in [9.17, 15) is 0 Å². The molecule has 1 aromatic rings. The molecule has 0 aliphatic carbocycles. The summed E-state index contributed by atoms with van der Waals surface area (Å²) < 4.78 is 22.7. The van der Waals surface area contributed by atoms with E-state index in [0.717, 1.165) is 24.2 Å². The second-order valence-electron chi connectivity index (χ2n) is 6.75. The Bertz CT molecular complexity index is 522. The lowest BCUT2D eigenvalue weighted by molar-refractivity contribution is -0.0678. The van der Waals surface area contributed by atoms with Crippen molar-refractivity contribution in [2.45, 2.75) is 59.2 Å². The van der Waals surface area contributed by atoms with Crippen molar-refractivity contribution >= 4 is 0 Å². The van der Waals surface area contributed by atoms with E-state index in [1.165, 1.54) is 0 Å². The average Bonchev–Trinajstić information content (AvgIpc) is 2.69. The third kappa shape index (κ3) is 13.6. The van der Waals surface area contributed by atoms with Gasteiger partial charge >= 0.3 is 0 Å². The molecule has 0 radical (unpaired) electrons. The molecule has 0 spiro atoms. The first-order valence-corrected chi connectivity index (χ1v) is 10.2. The van der Waals surface area contributed by atoms with Crippen LogP contribution in [0.1, 0.15) is 53.0 Å². The third-order valence-corrected chi connectivity index (χ3v) is 3.90. The van der Waals surface area contributed by atoms with Crippen LogP contribution < -0.4 is 10.5 Å². The van der Waals surface area contributed by atoms with Crippen LogP contribution in [0.5, 0.6) is 5.75 Å². The highest BCUT2D eigenvalue weighted by molar-refractivity contribution is 5.36. The first-order valence-electron chi connectivity index (χ1n) is 10.2. The van der Waals surface area contributed by atoms with Crippen molar-refractivity contribution in [3.8, 4) is 18.1 Å². The maximum atomic E-state index is 5.86. The zero-order valence-electron chi connectivity index (χ0n) is 18.3. The summed E-state index contributed by atoms with van der Waals surface area (Å²) >= 11 is 0. The molecular formula is C23H39NO4. The van der Waals surface area contributed by atoms with Gasteiger partial charge in [-0.05, 0) is 51.5 Å². The second-order valence-corrected chi connectivity index (χ2v) is 6.75. The number of terminal acetylenes is 1. The Morgan fingerprint density at radius 1 is 1.04 bits per heavy atom. The minimum atomic E-state index is -0.235. The predicted octanol–water partition coefficient (Wildman–Crippen LogP) is 4.03. The summed E-state index contributed by atoms with van der Waals surface area (Å²) in [4.78, 5) is 0. The van der Waals surface area contributed by atoms with Crippen molar-refractivity contribution < 1.29 is 18.9 Å². The van der Waals surface area contributed by atoms with Gasteiger partial charge in [0.1, 0.15) is 5.75 Å². The van der Waals surface area contributed by atoms with Crippen LogP contribution in [0.2, 0.25) is 0 Å². The largest absolute Gasteiger partial charge is 0.493 e. The first kappa shape index (κ1) is 26.4. The first-order chi connectivity index (χ1) is 13.5. The van der Waals surface area contributed by atoms with Crippen molar-refractivity contribution in [1.82, 2.24) is 0 Å². The van der Waals surface area contributed by atoms with Crippen LogP contribution in [0.15, 0.2) is 24.3 Å². The molecule has 0 amide bonds. The number of rotatable bonds is 14. The molecule has 160 valence electrons. The van der Waals surface area contributed by atoms with Gasteiger partial charge in [-0.3, -0.25) is 0 Å². The topological polar surface area (TPSA) is 62.9 Å². The molecule has 0 heterocycles. The number of ether oxygens (including phenoxy) is 4. The van der Waals surface area contributed by atoms with Crippen molar-refractivity contribution in [3.63, 3.8) is 0 Å². The van der Waals surface area contributed by atoms with E-state index in [1.54, 1.807) is 0 Å². The smallest absolute Gasteiger partial charge is 0.119 e. The molecule has 0 saturated carbocycles. The average molecular weight is 394 g/mol. The molecule has 0 aliphatic rings. The minimum Gasteiger partial charge on any atom is -0.493 e. The SMILES string of the molecule is C#Cc1ccc(OCCC(C)OCCC(C)(C)OCCOCCN)cc1.CC. The van der Waals surface area contributed by atoms with E-state index >= 15 is 0 Å². The monoisotopic (exact) mass is 393 g/mol. The van der Waals surface area contributed by atoms with Gasteiger partial charge in [0.15, 0.2) is 0 Å². The molecule has 2 N–H and O–H groups in total. The molecule has 0 aromatic heterocycles. The Hall–Kier alpha value is -1.58. The van der Waals surface area contributed by atoms with Gasteiger partial charge in [0, 0.05) is 25.1 Å². The van der Waals surface area contributed by atoms with Crippen LogP contribution >= 0.6 is 0 Å². The molecule has 1 rings (SSSR count). The molecule has 5 heteroatoms. The molecule has 0 fully saturated rings. The number of benzene rings is 1. The maximum Gasteiger partial charge on any atom is 0.119 e. The van der Waals surface area contributed by atoms with Crippen LogP contribution in [-0.4, -0.2) is 51.3 Å². The summed E-state index contributed by atoms with van der Waals surface area (Å²) in [5.74, 6) is 3.41. The fourth-order valence-electron chi connectivity index (χ4n) is 2.21. The van der Waals surface area contributed by atoms with Gasteiger partial charge in [0.05, 0.1) is 38.1 Å². The molecular weight excluding hydrogens is 354 g/mol. The standard InChI is InChI=1S/C21H33NO4.C2H6/c1-5-19-6-8-20(9-7-19)25-13-10-18(2)24-14-11-21(3,4)26-17-16-23-15-12-22;1-2/h1,6-9,18H,10-17,22H2,2-4H3;1-2H3. The van der Waals surface area contributed by atoms with Gasteiger partial charge < -0.3 is 24.7 Å². The third-order valence-electron chi connectivity index (χ3n) is 3.90. The van der Waals surface area contributed by atoms with Crippen LogP contribution in [0.3, 0.4) is 0 Å². The Labute approximate surface area is 171 Å². The predicted molar refractivity (Wildman–Crippen MR) is 116 cm³/mol. The lowest BCUT2D eigenvalue weighted by Crippen LogP contribution is -2.29. The van der Waals surface area contributed by atoms with Crippen molar-refractivity contribution in [2.75, 3.05) is 39.6 Å². The van der Waals surface area contributed by atoms with Crippen LogP contribution in [0, 0.1) is 12.3 Å². The molecule has 0 bridgehead atoms. The quantitative estimate of drug-likeness (QED) is 0.382. The van der Waals surface area contributed by atoms with Crippen molar-refractivity contribution in [2.24, 2.45) is 5.73 Å². The molecule has 5 nitrogen and oxygen atoms in total. The van der Waals surface area contributed by atoms with Crippen molar-refractivity contribution in [3.05, 3.63) is 29.8 Å². The summed E-state index contributed by atoms with van der Waals surface area (Å²) in [5.41, 5.74) is 5.99. The van der Waals surface area contributed by atoms with E-state index in [1.807, 2.05) is 38.1 Å². The van der Waals surface area contributed by atoms with E-state index < -0.39 is 0 Å². The summed E-state index contributed by atoms with van der Waals surface area (Å²) in [6, 6.07) is 7.52. The lowest BCUT2D eigenvalue weighted by atomic mass is 10.1. The highest BCUT2D eigenvalue weighted by Crippen LogP contribution is 2.16.